The van der Waals surface area contributed by atoms with Gasteiger partial charge in [0, 0.05) is 32.2 Å². The SMILES string of the molecule is Cc1cc(O)cc(C)c1[C@H](C1CCC1)N1CCNCC1.Cl.Cl. The van der Waals surface area contributed by atoms with Gasteiger partial charge in [-0.15, -0.1) is 24.8 Å². The van der Waals surface area contributed by atoms with Gasteiger partial charge in [-0.25, -0.2) is 0 Å². The molecule has 0 bridgehead atoms. The number of hydrogen-bond acceptors (Lipinski definition) is 3. The van der Waals surface area contributed by atoms with E-state index in [-0.39, 0.29) is 24.8 Å². The van der Waals surface area contributed by atoms with Crippen LogP contribution in [0.25, 0.3) is 0 Å². The molecule has 2 aliphatic rings. The average Bonchev–Trinajstić information content (AvgIpc) is 2.35. The van der Waals surface area contributed by atoms with Crippen LogP contribution in [0.5, 0.6) is 5.75 Å². The van der Waals surface area contributed by atoms with Gasteiger partial charge in [-0.2, -0.15) is 0 Å². The number of aryl methyl sites for hydroxylation is 2. The highest BCUT2D eigenvalue weighted by Crippen LogP contribution is 2.44. The number of nitrogens with one attached hydrogen (secondary N) is 1. The van der Waals surface area contributed by atoms with Gasteiger partial charge in [0.1, 0.15) is 5.75 Å². The van der Waals surface area contributed by atoms with Gasteiger partial charge in [0.15, 0.2) is 0 Å². The van der Waals surface area contributed by atoms with E-state index in [4.69, 9.17) is 0 Å². The van der Waals surface area contributed by atoms with E-state index >= 15 is 0 Å². The Balaban J connectivity index is 0.00000121. The molecule has 0 spiro atoms. The Morgan fingerprint density at radius 3 is 2.09 bits per heavy atom. The molecule has 3 rings (SSSR count). The topological polar surface area (TPSA) is 35.5 Å². The van der Waals surface area contributed by atoms with Crippen molar-refractivity contribution in [3.05, 3.63) is 28.8 Å². The average molecular weight is 347 g/mol. The van der Waals surface area contributed by atoms with Crippen LogP contribution < -0.4 is 5.32 Å². The van der Waals surface area contributed by atoms with E-state index in [9.17, 15) is 5.11 Å². The largest absolute Gasteiger partial charge is 0.508 e. The van der Waals surface area contributed by atoms with Gasteiger partial charge in [-0.1, -0.05) is 6.42 Å². The summed E-state index contributed by atoms with van der Waals surface area (Å²) in [4.78, 5) is 2.66. The third-order valence-corrected chi connectivity index (χ3v) is 5.02. The number of halogens is 2. The molecule has 0 amide bonds. The van der Waals surface area contributed by atoms with E-state index in [1.807, 2.05) is 12.1 Å². The highest BCUT2D eigenvalue weighted by molar-refractivity contribution is 5.85. The molecule has 1 heterocycles. The van der Waals surface area contributed by atoms with Gasteiger partial charge in [0.2, 0.25) is 0 Å². The number of benzene rings is 1. The number of phenolic OH excluding ortho intramolecular Hbond substituents is 1. The standard InChI is InChI=1S/C17H26N2O.2ClH/c1-12-10-15(20)11-13(2)16(12)17(14-4-3-5-14)19-8-6-18-7-9-19;;/h10-11,14,17-18,20H,3-9H2,1-2H3;2*1H/t17-;;/m0../s1. The second kappa shape index (κ2) is 8.39. The van der Waals surface area contributed by atoms with Gasteiger partial charge in [0.25, 0.3) is 0 Å². The van der Waals surface area contributed by atoms with Crippen LogP contribution in [-0.4, -0.2) is 36.2 Å². The lowest BCUT2D eigenvalue weighted by molar-refractivity contribution is 0.0828. The molecule has 126 valence electrons. The second-order valence-corrected chi connectivity index (χ2v) is 6.42. The first-order chi connectivity index (χ1) is 9.66. The van der Waals surface area contributed by atoms with Gasteiger partial charge < -0.3 is 10.4 Å². The zero-order chi connectivity index (χ0) is 14.1. The summed E-state index contributed by atoms with van der Waals surface area (Å²) >= 11 is 0. The number of phenols is 1. The van der Waals surface area contributed by atoms with Crippen molar-refractivity contribution in [1.29, 1.82) is 0 Å². The fraction of sp³-hybridized carbons (Fsp3) is 0.647. The summed E-state index contributed by atoms with van der Waals surface area (Å²) in [7, 11) is 0. The molecule has 0 aromatic heterocycles. The van der Waals surface area contributed by atoms with Crippen molar-refractivity contribution in [1.82, 2.24) is 10.2 Å². The van der Waals surface area contributed by atoms with Crippen LogP contribution in [0, 0.1) is 19.8 Å². The van der Waals surface area contributed by atoms with Gasteiger partial charge in [-0.05, 0) is 61.4 Å². The zero-order valence-electron chi connectivity index (χ0n) is 13.5. The highest BCUT2D eigenvalue weighted by Gasteiger charge is 2.35. The Labute approximate surface area is 146 Å². The first-order valence-corrected chi connectivity index (χ1v) is 7.91. The normalized spacial score (nSPS) is 20.5. The second-order valence-electron chi connectivity index (χ2n) is 6.42. The first kappa shape index (κ1) is 19.6. The molecular weight excluding hydrogens is 319 g/mol. The summed E-state index contributed by atoms with van der Waals surface area (Å²) in [6.45, 7) is 8.77. The van der Waals surface area contributed by atoms with Gasteiger partial charge >= 0.3 is 0 Å². The molecule has 22 heavy (non-hydrogen) atoms. The van der Waals surface area contributed by atoms with Crippen molar-refractivity contribution in [3.63, 3.8) is 0 Å². The number of hydrogen-bond donors (Lipinski definition) is 2. The Kier molecular flexibility index (Phi) is 7.47. The highest BCUT2D eigenvalue weighted by atomic mass is 35.5. The summed E-state index contributed by atoms with van der Waals surface area (Å²) in [6.07, 6.45) is 4.09. The zero-order valence-corrected chi connectivity index (χ0v) is 15.1. The maximum atomic E-state index is 9.80. The maximum Gasteiger partial charge on any atom is 0.116 e. The van der Waals surface area contributed by atoms with Crippen LogP contribution >= 0.6 is 24.8 Å². The van der Waals surface area contributed by atoms with Crippen molar-refractivity contribution >= 4 is 24.8 Å². The van der Waals surface area contributed by atoms with E-state index in [2.05, 4.69) is 24.1 Å². The molecule has 1 aromatic carbocycles. The number of rotatable bonds is 3. The van der Waals surface area contributed by atoms with E-state index in [1.54, 1.807) is 0 Å². The molecule has 5 heteroatoms. The maximum absolute atomic E-state index is 9.80. The Bertz CT molecular complexity index is 463. The molecule has 1 saturated heterocycles. The fourth-order valence-electron chi connectivity index (χ4n) is 3.85. The lowest BCUT2D eigenvalue weighted by Gasteiger charge is -2.44. The molecule has 2 fully saturated rings. The molecule has 1 aromatic rings. The van der Waals surface area contributed by atoms with Crippen molar-refractivity contribution in [2.24, 2.45) is 5.92 Å². The molecule has 3 nitrogen and oxygen atoms in total. The van der Waals surface area contributed by atoms with Crippen LogP contribution in [0.3, 0.4) is 0 Å². The van der Waals surface area contributed by atoms with Crippen LogP contribution in [0.2, 0.25) is 0 Å². The van der Waals surface area contributed by atoms with E-state index < -0.39 is 0 Å². The molecule has 1 aliphatic carbocycles. The van der Waals surface area contributed by atoms with Crippen molar-refractivity contribution < 1.29 is 5.11 Å². The number of piperazine rings is 1. The predicted octanol–water partition coefficient (Wildman–Crippen LogP) is 3.60. The molecule has 1 aliphatic heterocycles. The number of aromatic hydroxyl groups is 1. The predicted molar refractivity (Wildman–Crippen MR) is 96.6 cm³/mol. The molecule has 0 unspecified atom stereocenters. The minimum absolute atomic E-state index is 0. The van der Waals surface area contributed by atoms with Crippen LogP contribution in [-0.2, 0) is 0 Å². The van der Waals surface area contributed by atoms with E-state index in [1.165, 1.54) is 36.0 Å². The third-order valence-electron chi connectivity index (χ3n) is 5.02. The minimum Gasteiger partial charge on any atom is -0.508 e. The monoisotopic (exact) mass is 346 g/mol. The number of nitrogens with zero attached hydrogens (tertiary/aromatic N) is 1. The Morgan fingerprint density at radius 1 is 1.09 bits per heavy atom. The van der Waals surface area contributed by atoms with Gasteiger partial charge in [-0.3, -0.25) is 4.90 Å². The van der Waals surface area contributed by atoms with Crippen molar-refractivity contribution in [2.45, 2.75) is 39.2 Å². The summed E-state index contributed by atoms with van der Waals surface area (Å²) in [5, 5.41) is 13.2. The van der Waals surface area contributed by atoms with Crippen LogP contribution in [0.15, 0.2) is 12.1 Å². The molecule has 2 N–H and O–H groups in total. The lowest BCUT2D eigenvalue weighted by Crippen LogP contribution is -2.48. The summed E-state index contributed by atoms with van der Waals surface area (Å²) < 4.78 is 0. The lowest BCUT2D eigenvalue weighted by atomic mass is 9.74. The molecule has 1 saturated carbocycles. The fourth-order valence-corrected chi connectivity index (χ4v) is 3.85. The third kappa shape index (κ3) is 3.88. The van der Waals surface area contributed by atoms with Crippen molar-refractivity contribution in [3.8, 4) is 5.75 Å². The molecule has 0 radical (unpaired) electrons. The van der Waals surface area contributed by atoms with Gasteiger partial charge in [0.05, 0.1) is 0 Å². The van der Waals surface area contributed by atoms with Crippen LogP contribution in [0.4, 0.5) is 0 Å². The quantitative estimate of drug-likeness (QED) is 0.877. The minimum atomic E-state index is 0. The van der Waals surface area contributed by atoms with Crippen molar-refractivity contribution in [2.75, 3.05) is 26.2 Å². The summed E-state index contributed by atoms with van der Waals surface area (Å²) in [5.41, 5.74) is 3.96. The summed E-state index contributed by atoms with van der Waals surface area (Å²) in [6, 6.07) is 4.40. The molecular formula is C17H28Cl2N2O. The molecule has 1 atom stereocenters. The Morgan fingerprint density at radius 2 is 1.64 bits per heavy atom. The van der Waals surface area contributed by atoms with E-state index in [0.717, 1.165) is 32.1 Å². The smallest absolute Gasteiger partial charge is 0.116 e. The van der Waals surface area contributed by atoms with Crippen LogP contribution in [0.1, 0.15) is 42.0 Å². The summed E-state index contributed by atoms with van der Waals surface area (Å²) in [5.74, 6) is 1.20. The van der Waals surface area contributed by atoms with E-state index in [0.29, 0.717) is 11.8 Å². The first-order valence-electron chi connectivity index (χ1n) is 7.91. The Hall–Kier alpha value is -0.480.